The van der Waals surface area contributed by atoms with E-state index in [-0.39, 0.29) is 24.1 Å². The molecule has 1 aromatic heterocycles. The maximum absolute atomic E-state index is 13.6. The summed E-state index contributed by atoms with van der Waals surface area (Å²) in [4.78, 5) is 36.2. The van der Waals surface area contributed by atoms with Crippen LogP contribution >= 0.6 is 11.6 Å². The van der Waals surface area contributed by atoms with Crippen LogP contribution in [0.2, 0.25) is 5.02 Å². The summed E-state index contributed by atoms with van der Waals surface area (Å²) in [6, 6.07) is 8.25. The molecular weight excluding hydrogens is 538 g/mol. The number of rotatable bonds is 10. The predicted octanol–water partition coefficient (Wildman–Crippen LogP) is 4.51. The second kappa shape index (κ2) is 14.6. The largest absolute Gasteiger partial charge is 0.404 e. The Bertz CT molecular complexity index is 1380. The van der Waals surface area contributed by atoms with Gasteiger partial charge in [-0.25, -0.2) is 0 Å². The minimum atomic E-state index is -0.317. The lowest BCUT2D eigenvalue weighted by Gasteiger charge is -2.26. The van der Waals surface area contributed by atoms with Gasteiger partial charge in [0.1, 0.15) is 0 Å². The average molecular weight is 580 g/mol. The average Bonchev–Trinajstić information content (AvgIpc) is 3.44. The number of nitrogens with one attached hydrogen (secondary N) is 2. The van der Waals surface area contributed by atoms with Crippen LogP contribution in [0.25, 0.3) is 0 Å². The lowest BCUT2D eigenvalue weighted by Crippen LogP contribution is -2.35. The highest BCUT2D eigenvalue weighted by Gasteiger charge is 2.21. The van der Waals surface area contributed by atoms with Crippen molar-refractivity contribution in [3.8, 4) is 0 Å². The third kappa shape index (κ3) is 8.41. The summed E-state index contributed by atoms with van der Waals surface area (Å²) in [6.07, 6.45) is 8.17. The molecule has 8 nitrogen and oxygen atoms in total. The smallest absolute Gasteiger partial charge is 0.253 e. The highest BCUT2D eigenvalue weighted by atomic mass is 35.5. The van der Waals surface area contributed by atoms with Crippen LogP contribution in [0, 0.1) is 13.8 Å². The monoisotopic (exact) mass is 579 g/mol. The van der Waals surface area contributed by atoms with E-state index in [1.54, 1.807) is 0 Å². The molecule has 4 rings (SSSR count). The van der Waals surface area contributed by atoms with E-state index in [9.17, 15) is 9.59 Å². The van der Waals surface area contributed by atoms with E-state index in [1.807, 2.05) is 45.0 Å². The van der Waals surface area contributed by atoms with Crippen LogP contribution in [-0.4, -0.2) is 53.8 Å². The number of hydrogen-bond donors (Lipinski definition) is 3. The van der Waals surface area contributed by atoms with Gasteiger partial charge < -0.3 is 20.8 Å². The quantitative estimate of drug-likeness (QED) is 0.218. The van der Waals surface area contributed by atoms with Crippen molar-refractivity contribution in [1.82, 2.24) is 15.2 Å². The van der Waals surface area contributed by atoms with Crippen LogP contribution in [0.5, 0.6) is 0 Å². The Labute approximate surface area is 247 Å². The van der Waals surface area contributed by atoms with Crippen LogP contribution < -0.4 is 16.6 Å². The minimum Gasteiger partial charge on any atom is -0.404 e. The first kappa shape index (κ1) is 30.8. The van der Waals surface area contributed by atoms with E-state index in [0.717, 1.165) is 86.6 Å². The molecule has 220 valence electrons. The minimum absolute atomic E-state index is 0.102. The van der Waals surface area contributed by atoms with Gasteiger partial charge in [-0.15, -0.1) is 0 Å². The number of nitrogens with two attached hydrogens (primary N) is 1. The van der Waals surface area contributed by atoms with E-state index in [2.05, 4.69) is 21.3 Å². The van der Waals surface area contributed by atoms with Crippen LogP contribution in [0.4, 0.5) is 0 Å². The lowest BCUT2D eigenvalue weighted by molar-refractivity contribution is -0.117. The van der Waals surface area contributed by atoms with Gasteiger partial charge >= 0.3 is 0 Å². The fourth-order valence-electron chi connectivity index (χ4n) is 5.56. The van der Waals surface area contributed by atoms with E-state index in [4.69, 9.17) is 27.1 Å². The van der Waals surface area contributed by atoms with Gasteiger partial charge in [0.15, 0.2) is 0 Å². The number of morpholine rings is 1. The summed E-state index contributed by atoms with van der Waals surface area (Å²) >= 11 is 6.71. The fraction of sp³-hybridized carbons (Fsp3) is 0.469. The molecular formula is C32H42ClN5O3. The van der Waals surface area contributed by atoms with Gasteiger partial charge in [-0.05, 0) is 68.9 Å². The van der Waals surface area contributed by atoms with Gasteiger partial charge in [0.2, 0.25) is 0 Å². The van der Waals surface area contributed by atoms with Crippen LogP contribution in [-0.2, 0) is 29.0 Å². The van der Waals surface area contributed by atoms with E-state index in [1.165, 1.54) is 6.20 Å². The highest BCUT2D eigenvalue weighted by Crippen LogP contribution is 2.25. The number of halogens is 1. The zero-order valence-electron chi connectivity index (χ0n) is 24.4. The molecule has 0 bridgehead atoms. The second-order valence-electron chi connectivity index (χ2n) is 11.0. The summed E-state index contributed by atoms with van der Waals surface area (Å²) in [7, 11) is 0. The highest BCUT2D eigenvalue weighted by molar-refractivity contribution is 6.31. The number of ether oxygens (including phenoxy) is 1. The number of allylic oxidation sites excluding steroid dienone is 1. The molecule has 2 aromatic rings. The number of aromatic amines is 1. The van der Waals surface area contributed by atoms with Crippen molar-refractivity contribution in [3.05, 3.63) is 91.0 Å². The van der Waals surface area contributed by atoms with Gasteiger partial charge in [0.05, 0.1) is 19.3 Å². The summed E-state index contributed by atoms with van der Waals surface area (Å²) in [5, 5.41) is 3.60. The number of hydrogen-bond acceptors (Lipinski definition) is 6. The van der Waals surface area contributed by atoms with Gasteiger partial charge in [-0.2, -0.15) is 0 Å². The van der Waals surface area contributed by atoms with Gasteiger partial charge in [0.25, 0.3) is 11.5 Å². The van der Waals surface area contributed by atoms with Gasteiger partial charge in [-0.3, -0.25) is 19.5 Å². The predicted molar refractivity (Wildman–Crippen MR) is 165 cm³/mol. The lowest BCUT2D eigenvalue weighted by atomic mass is 9.98. The molecule has 9 heteroatoms. The van der Waals surface area contributed by atoms with Crippen LogP contribution in [0.15, 0.2) is 57.5 Å². The number of H-pyrrole nitrogens is 1. The molecule has 1 saturated heterocycles. The number of nitrogens with zero attached hydrogens (tertiary/aromatic N) is 2. The fourth-order valence-corrected chi connectivity index (χ4v) is 5.84. The van der Waals surface area contributed by atoms with Crippen molar-refractivity contribution in [2.24, 2.45) is 10.7 Å². The Morgan fingerprint density at radius 1 is 1.20 bits per heavy atom. The Hall–Kier alpha value is -3.20. The number of aromatic nitrogens is 1. The molecule has 1 aliphatic heterocycles. The SMILES string of the molecule is CC(=NC1CCCC1)C(=CN)/C(=C\Cc1ccc(CN2CCOCC2)cc1Cl)C(=O)NCc1c(C)cc(C)[nH]c1=O. The van der Waals surface area contributed by atoms with Crippen molar-refractivity contribution in [2.75, 3.05) is 26.3 Å². The first-order valence-corrected chi connectivity index (χ1v) is 14.8. The molecule has 2 fully saturated rings. The van der Waals surface area contributed by atoms with Crippen molar-refractivity contribution in [3.63, 3.8) is 0 Å². The van der Waals surface area contributed by atoms with E-state index < -0.39 is 0 Å². The first-order chi connectivity index (χ1) is 19.7. The Kier molecular flexibility index (Phi) is 11.0. The van der Waals surface area contributed by atoms with Crippen molar-refractivity contribution in [1.29, 1.82) is 0 Å². The molecule has 2 heterocycles. The number of amides is 1. The molecule has 0 spiro atoms. The van der Waals surface area contributed by atoms with Crippen molar-refractivity contribution < 1.29 is 9.53 Å². The summed E-state index contributed by atoms with van der Waals surface area (Å²) in [5.41, 5.74) is 11.8. The maximum atomic E-state index is 13.6. The Morgan fingerprint density at radius 2 is 1.93 bits per heavy atom. The summed E-state index contributed by atoms with van der Waals surface area (Å²) in [5.74, 6) is -0.317. The summed E-state index contributed by atoms with van der Waals surface area (Å²) in [6.45, 7) is 9.85. The number of aryl methyl sites for hydroxylation is 2. The topological polar surface area (TPSA) is 113 Å². The molecule has 0 radical (unpaired) electrons. The van der Waals surface area contributed by atoms with E-state index in [0.29, 0.717) is 28.2 Å². The molecule has 0 atom stereocenters. The third-order valence-electron chi connectivity index (χ3n) is 7.87. The van der Waals surface area contributed by atoms with Crippen molar-refractivity contribution >= 4 is 23.2 Å². The second-order valence-corrected chi connectivity index (χ2v) is 11.4. The number of carbonyl (C=O) groups is 1. The maximum Gasteiger partial charge on any atom is 0.253 e. The molecule has 1 saturated carbocycles. The number of aliphatic imine (C=N–C) groups is 1. The molecule has 1 aliphatic carbocycles. The normalized spacial score (nSPS) is 17.7. The molecule has 41 heavy (non-hydrogen) atoms. The zero-order valence-corrected chi connectivity index (χ0v) is 25.2. The van der Waals surface area contributed by atoms with E-state index >= 15 is 0 Å². The summed E-state index contributed by atoms with van der Waals surface area (Å²) < 4.78 is 5.45. The molecule has 0 unspecified atom stereocenters. The zero-order chi connectivity index (χ0) is 29.4. The molecule has 1 aromatic carbocycles. The van der Waals surface area contributed by atoms with Crippen LogP contribution in [0.3, 0.4) is 0 Å². The van der Waals surface area contributed by atoms with Crippen molar-refractivity contribution in [2.45, 2.75) is 72.0 Å². The Balaban J connectivity index is 1.57. The number of carbonyl (C=O) groups excluding carboxylic acids is 1. The standard InChI is InChI=1S/C32H42ClN5O3/c1-21-16-22(2)36-32(40)29(21)19-35-31(39)27(28(18-34)23(3)37-26-6-4-5-7-26)11-10-25-9-8-24(17-30(25)33)20-38-12-14-41-15-13-38/h8-9,11,16-18,26H,4-7,10,12-15,19-20,34H2,1-3H3,(H,35,39)(H,36,40)/b27-11+,28-18?,37-23?. The molecule has 2 aliphatic rings. The number of benzene rings is 1. The number of pyridine rings is 1. The third-order valence-corrected chi connectivity index (χ3v) is 8.22. The molecule has 4 N–H and O–H groups in total. The first-order valence-electron chi connectivity index (χ1n) is 14.5. The van der Waals surface area contributed by atoms with Crippen LogP contribution in [0.1, 0.15) is 60.6 Å². The van der Waals surface area contributed by atoms with Gasteiger partial charge in [0, 0.05) is 65.5 Å². The Morgan fingerprint density at radius 3 is 2.59 bits per heavy atom. The van der Waals surface area contributed by atoms with Gasteiger partial charge in [-0.1, -0.05) is 42.7 Å². The molecule has 1 amide bonds.